The van der Waals surface area contributed by atoms with Gasteiger partial charge in [-0.1, -0.05) is 0 Å². The Labute approximate surface area is 168 Å². The maximum absolute atomic E-state index is 12.8. The number of amides is 2. The minimum Gasteiger partial charge on any atom is -0.493 e. The SMILES string of the molecule is N#Cc1ccc(OCC2CCN(C(=O)c3ccc4c(c3)NC(=O)CO4)CC2)cc1. The standard InChI is InChI=1S/C22H21N3O4/c23-12-15-1-4-18(5-2-15)28-13-16-7-9-25(10-8-16)22(27)17-3-6-20-19(11-17)24-21(26)14-29-20/h1-6,11,16H,7-10,13-14H2,(H,24,26). The topological polar surface area (TPSA) is 91.7 Å². The Kier molecular flexibility index (Phi) is 5.34. The molecule has 0 aromatic heterocycles. The van der Waals surface area contributed by atoms with Gasteiger partial charge in [0.2, 0.25) is 0 Å². The van der Waals surface area contributed by atoms with E-state index in [0.717, 1.165) is 18.6 Å². The normalized spacial score (nSPS) is 16.2. The van der Waals surface area contributed by atoms with Crippen molar-refractivity contribution < 1.29 is 19.1 Å². The molecule has 0 spiro atoms. The van der Waals surface area contributed by atoms with E-state index in [1.165, 1.54) is 0 Å². The number of carbonyl (C=O) groups excluding carboxylic acids is 2. The summed E-state index contributed by atoms with van der Waals surface area (Å²) >= 11 is 0. The third kappa shape index (κ3) is 4.32. The molecule has 1 fully saturated rings. The van der Waals surface area contributed by atoms with Crippen molar-refractivity contribution in [2.24, 2.45) is 5.92 Å². The van der Waals surface area contributed by atoms with Gasteiger partial charge in [-0.05, 0) is 61.2 Å². The summed E-state index contributed by atoms with van der Waals surface area (Å²) in [4.78, 5) is 26.2. The maximum atomic E-state index is 12.8. The van der Waals surface area contributed by atoms with Crippen LogP contribution in [0.4, 0.5) is 5.69 Å². The molecule has 0 radical (unpaired) electrons. The van der Waals surface area contributed by atoms with E-state index in [0.29, 0.717) is 48.2 Å². The maximum Gasteiger partial charge on any atom is 0.262 e. The highest BCUT2D eigenvalue weighted by atomic mass is 16.5. The molecule has 7 nitrogen and oxygen atoms in total. The number of rotatable bonds is 4. The number of carbonyl (C=O) groups is 2. The highest BCUT2D eigenvalue weighted by molar-refractivity contribution is 5.99. The van der Waals surface area contributed by atoms with Crippen molar-refractivity contribution in [1.29, 1.82) is 5.26 Å². The van der Waals surface area contributed by atoms with Gasteiger partial charge in [0, 0.05) is 18.7 Å². The number of hydrogen-bond donors (Lipinski definition) is 1. The van der Waals surface area contributed by atoms with Crippen LogP contribution in [0.2, 0.25) is 0 Å². The molecular weight excluding hydrogens is 370 g/mol. The van der Waals surface area contributed by atoms with E-state index in [4.69, 9.17) is 14.7 Å². The van der Waals surface area contributed by atoms with Gasteiger partial charge in [-0.2, -0.15) is 5.26 Å². The first-order valence-electron chi connectivity index (χ1n) is 9.61. The van der Waals surface area contributed by atoms with Crippen LogP contribution in [-0.2, 0) is 4.79 Å². The second-order valence-electron chi connectivity index (χ2n) is 7.23. The fraction of sp³-hybridized carbons (Fsp3) is 0.318. The Morgan fingerprint density at radius 2 is 1.97 bits per heavy atom. The summed E-state index contributed by atoms with van der Waals surface area (Å²) < 4.78 is 11.2. The summed E-state index contributed by atoms with van der Waals surface area (Å²) in [5.41, 5.74) is 1.69. The average Bonchev–Trinajstić information content (AvgIpc) is 2.77. The smallest absolute Gasteiger partial charge is 0.262 e. The first-order chi connectivity index (χ1) is 14.1. The van der Waals surface area contributed by atoms with E-state index >= 15 is 0 Å². The lowest BCUT2D eigenvalue weighted by atomic mass is 9.97. The molecule has 2 aliphatic rings. The fourth-order valence-electron chi connectivity index (χ4n) is 3.54. The number of piperidine rings is 1. The van der Waals surface area contributed by atoms with Gasteiger partial charge >= 0.3 is 0 Å². The van der Waals surface area contributed by atoms with E-state index in [1.54, 1.807) is 42.5 Å². The van der Waals surface area contributed by atoms with Crippen molar-refractivity contribution in [1.82, 2.24) is 4.90 Å². The van der Waals surface area contributed by atoms with Gasteiger partial charge < -0.3 is 19.7 Å². The number of nitrogens with zero attached hydrogens (tertiary/aromatic N) is 2. The van der Waals surface area contributed by atoms with E-state index in [1.807, 2.05) is 4.90 Å². The van der Waals surface area contributed by atoms with Crippen molar-refractivity contribution in [2.75, 3.05) is 31.6 Å². The molecule has 7 heteroatoms. The zero-order valence-electron chi connectivity index (χ0n) is 15.9. The van der Waals surface area contributed by atoms with E-state index in [-0.39, 0.29) is 18.4 Å². The van der Waals surface area contributed by atoms with Crippen LogP contribution in [0, 0.1) is 17.2 Å². The first-order valence-corrected chi connectivity index (χ1v) is 9.61. The zero-order chi connectivity index (χ0) is 20.2. The largest absolute Gasteiger partial charge is 0.493 e. The van der Waals surface area contributed by atoms with Gasteiger partial charge in [0.05, 0.1) is 23.9 Å². The highest BCUT2D eigenvalue weighted by Gasteiger charge is 2.25. The van der Waals surface area contributed by atoms with Gasteiger partial charge in [0.15, 0.2) is 6.61 Å². The molecule has 0 bridgehead atoms. The third-order valence-electron chi connectivity index (χ3n) is 5.23. The predicted molar refractivity (Wildman–Crippen MR) is 106 cm³/mol. The molecule has 0 saturated carbocycles. The predicted octanol–water partition coefficient (Wildman–Crippen LogP) is 2.82. The molecule has 2 aliphatic heterocycles. The minimum absolute atomic E-state index is 0.00164. The lowest BCUT2D eigenvalue weighted by Gasteiger charge is -2.32. The lowest BCUT2D eigenvalue weighted by Crippen LogP contribution is -2.39. The van der Waals surface area contributed by atoms with Gasteiger partial charge in [0.1, 0.15) is 11.5 Å². The number of nitrogens with one attached hydrogen (secondary N) is 1. The van der Waals surface area contributed by atoms with Crippen LogP contribution in [-0.4, -0.2) is 43.0 Å². The summed E-state index contributed by atoms with van der Waals surface area (Å²) in [6.07, 6.45) is 1.74. The van der Waals surface area contributed by atoms with Gasteiger partial charge in [-0.25, -0.2) is 0 Å². The number of anilines is 1. The highest BCUT2D eigenvalue weighted by Crippen LogP contribution is 2.29. The lowest BCUT2D eigenvalue weighted by molar-refractivity contribution is -0.118. The Morgan fingerprint density at radius 1 is 1.21 bits per heavy atom. The molecule has 2 amide bonds. The van der Waals surface area contributed by atoms with Crippen LogP contribution in [0.15, 0.2) is 42.5 Å². The molecule has 0 unspecified atom stereocenters. The summed E-state index contributed by atoms with van der Waals surface area (Å²) in [6, 6.07) is 14.3. The zero-order valence-corrected chi connectivity index (χ0v) is 15.9. The van der Waals surface area contributed by atoms with Gasteiger partial charge in [0.25, 0.3) is 11.8 Å². The minimum atomic E-state index is -0.217. The molecule has 2 aromatic carbocycles. The third-order valence-corrected chi connectivity index (χ3v) is 5.23. The summed E-state index contributed by atoms with van der Waals surface area (Å²) in [5, 5.41) is 11.6. The number of nitriles is 1. The average molecular weight is 391 g/mol. The molecule has 0 atom stereocenters. The first kappa shape index (κ1) is 18.8. The Balaban J connectivity index is 1.30. The van der Waals surface area contributed by atoms with Crippen LogP contribution >= 0.6 is 0 Å². The second kappa shape index (κ2) is 8.23. The van der Waals surface area contributed by atoms with Crippen molar-refractivity contribution in [3.63, 3.8) is 0 Å². The van der Waals surface area contributed by atoms with E-state index in [2.05, 4.69) is 11.4 Å². The second-order valence-corrected chi connectivity index (χ2v) is 7.23. The van der Waals surface area contributed by atoms with Crippen molar-refractivity contribution in [3.05, 3.63) is 53.6 Å². The molecule has 4 rings (SSSR count). The quantitative estimate of drug-likeness (QED) is 0.865. The van der Waals surface area contributed by atoms with E-state index in [9.17, 15) is 9.59 Å². The number of likely N-dealkylation sites (tertiary alicyclic amines) is 1. The van der Waals surface area contributed by atoms with Crippen LogP contribution < -0.4 is 14.8 Å². The van der Waals surface area contributed by atoms with Crippen LogP contribution in [0.5, 0.6) is 11.5 Å². The molecular formula is C22H21N3O4. The van der Waals surface area contributed by atoms with Gasteiger partial charge in [-0.15, -0.1) is 0 Å². The summed E-state index contributed by atoms with van der Waals surface area (Å²) in [5.74, 6) is 1.45. The van der Waals surface area contributed by atoms with Gasteiger partial charge in [-0.3, -0.25) is 9.59 Å². The van der Waals surface area contributed by atoms with Crippen LogP contribution in [0.25, 0.3) is 0 Å². The van der Waals surface area contributed by atoms with Crippen LogP contribution in [0.3, 0.4) is 0 Å². The monoisotopic (exact) mass is 391 g/mol. The number of hydrogen-bond acceptors (Lipinski definition) is 5. The number of ether oxygens (including phenoxy) is 2. The van der Waals surface area contributed by atoms with Crippen molar-refractivity contribution in [2.45, 2.75) is 12.8 Å². The Hall–Kier alpha value is -3.53. The fourth-order valence-corrected chi connectivity index (χ4v) is 3.54. The molecule has 2 aromatic rings. The van der Waals surface area contributed by atoms with E-state index < -0.39 is 0 Å². The van der Waals surface area contributed by atoms with Crippen molar-refractivity contribution >= 4 is 17.5 Å². The summed E-state index contributed by atoms with van der Waals surface area (Å²) in [6.45, 7) is 1.93. The molecule has 2 heterocycles. The molecule has 1 N–H and O–H groups in total. The Bertz CT molecular complexity index is 957. The van der Waals surface area contributed by atoms with Crippen molar-refractivity contribution in [3.8, 4) is 17.6 Å². The molecule has 0 aliphatic carbocycles. The number of benzene rings is 2. The Morgan fingerprint density at radius 3 is 2.69 bits per heavy atom. The molecule has 148 valence electrons. The van der Waals surface area contributed by atoms with Crippen LogP contribution in [0.1, 0.15) is 28.8 Å². The summed E-state index contributed by atoms with van der Waals surface area (Å²) in [7, 11) is 0. The molecule has 1 saturated heterocycles. The number of fused-ring (bicyclic) bond motifs is 1. The molecule has 29 heavy (non-hydrogen) atoms.